The van der Waals surface area contributed by atoms with Crippen LogP contribution >= 0.6 is 34.8 Å². The Morgan fingerprint density at radius 1 is 1.11 bits per heavy atom. The normalized spacial score (nSPS) is 11.1. The highest BCUT2D eigenvalue weighted by molar-refractivity contribution is 6.36. The van der Waals surface area contributed by atoms with Crippen molar-refractivity contribution in [2.24, 2.45) is 5.10 Å². The van der Waals surface area contributed by atoms with Crippen molar-refractivity contribution in [1.29, 1.82) is 0 Å². The molecule has 0 radical (unpaired) electrons. The van der Waals surface area contributed by atoms with Gasteiger partial charge in [-0.25, -0.2) is 5.43 Å². The summed E-state index contributed by atoms with van der Waals surface area (Å²) in [5.74, 6) is -1.02. The molecule has 0 unspecified atom stereocenters. The van der Waals surface area contributed by atoms with E-state index in [1.807, 2.05) is 0 Å². The first-order valence-corrected chi connectivity index (χ1v) is 8.83. The quantitative estimate of drug-likeness (QED) is 0.383. The zero-order chi connectivity index (χ0) is 20.8. The Hall–Kier alpha value is -2.68. The van der Waals surface area contributed by atoms with Crippen molar-refractivity contribution >= 4 is 63.7 Å². The van der Waals surface area contributed by atoms with E-state index in [1.54, 1.807) is 19.1 Å². The molecule has 0 bridgehead atoms. The van der Waals surface area contributed by atoms with Crippen molar-refractivity contribution < 1.29 is 14.5 Å². The lowest BCUT2D eigenvalue weighted by Gasteiger charge is -2.07. The van der Waals surface area contributed by atoms with Gasteiger partial charge in [0.15, 0.2) is 0 Å². The zero-order valence-electron chi connectivity index (χ0n) is 14.3. The molecule has 0 aliphatic carbocycles. The molecular formula is C17H13Cl3N4O4. The van der Waals surface area contributed by atoms with E-state index in [0.717, 1.165) is 12.1 Å². The van der Waals surface area contributed by atoms with Crippen molar-refractivity contribution in [1.82, 2.24) is 5.43 Å². The highest BCUT2D eigenvalue weighted by atomic mass is 35.5. The van der Waals surface area contributed by atoms with Gasteiger partial charge in [0.2, 0.25) is 5.91 Å². The molecule has 146 valence electrons. The molecule has 0 atom stereocenters. The summed E-state index contributed by atoms with van der Waals surface area (Å²) < 4.78 is 0. The maximum atomic E-state index is 12.1. The van der Waals surface area contributed by atoms with Gasteiger partial charge in [-0.05, 0) is 37.3 Å². The Labute approximate surface area is 174 Å². The number of halogens is 3. The van der Waals surface area contributed by atoms with Crippen LogP contribution in [0.1, 0.15) is 23.7 Å². The van der Waals surface area contributed by atoms with Crippen molar-refractivity contribution in [2.45, 2.75) is 13.3 Å². The predicted molar refractivity (Wildman–Crippen MR) is 108 cm³/mol. The topological polar surface area (TPSA) is 114 Å². The lowest BCUT2D eigenvalue weighted by atomic mass is 10.2. The largest absolute Gasteiger partial charge is 0.324 e. The second-order valence-electron chi connectivity index (χ2n) is 5.56. The van der Waals surface area contributed by atoms with Gasteiger partial charge in [-0.1, -0.05) is 34.8 Å². The fourth-order valence-electron chi connectivity index (χ4n) is 2.06. The average Bonchev–Trinajstić information content (AvgIpc) is 2.61. The van der Waals surface area contributed by atoms with Crippen LogP contribution in [0.15, 0.2) is 41.5 Å². The maximum absolute atomic E-state index is 12.1. The number of nitro groups is 1. The Balaban J connectivity index is 1.96. The summed E-state index contributed by atoms with van der Waals surface area (Å²) in [4.78, 5) is 34.2. The van der Waals surface area contributed by atoms with E-state index in [-0.39, 0.29) is 22.7 Å². The Bertz CT molecular complexity index is 979. The van der Waals surface area contributed by atoms with Crippen LogP contribution in [0.2, 0.25) is 15.1 Å². The molecule has 28 heavy (non-hydrogen) atoms. The molecular weight excluding hydrogens is 431 g/mol. The van der Waals surface area contributed by atoms with Crippen LogP contribution in [0, 0.1) is 10.1 Å². The second kappa shape index (κ2) is 9.50. The van der Waals surface area contributed by atoms with Crippen molar-refractivity contribution in [3.05, 3.63) is 67.1 Å². The number of nitrogens with one attached hydrogen (secondary N) is 2. The first-order valence-electron chi connectivity index (χ1n) is 7.69. The van der Waals surface area contributed by atoms with Crippen LogP contribution < -0.4 is 10.7 Å². The summed E-state index contributed by atoms with van der Waals surface area (Å²) in [6.07, 6.45) is -0.0970. The van der Waals surface area contributed by atoms with E-state index >= 15 is 0 Å². The number of hydrogen-bond donors (Lipinski definition) is 2. The number of nitro benzene ring substituents is 1. The number of nitrogens with zero attached hydrogens (tertiary/aromatic N) is 2. The molecule has 0 saturated carbocycles. The predicted octanol–water partition coefficient (Wildman–Crippen LogP) is 4.69. The lowest BCUT2D eigenvalue weighted by Crippen LogP contribution is -2.21. The van der Waals surface area contributed by atoms with E-state index in [0.29, 0.717) is 21.4 Å². The molecule has 0 fully saturated rings. The third-order valence-electron chi connectivity index (χ3n) is 3.38. The molecule has 0 aromatic heterocycles. The highest BCUT2D eigenvalue weighted by Gasteiger charge is 2.15. The number of benzene rings is 2. The minimum Gasteiger partial charge on any atom is -0.324 e. The van der Waals surface area contributed by atoms with Gasteiger partial charge in [0.05, 0.1) is 22.1 Å². The molecule has 2 rings (SSSR count). The summed E-state index contributed by atoms with van der Waals surface area (Å²) in [6.45, 7) is 1.55. The summed E-state index contributed by atoms with van der Waals surface area (Å²) >= 11 is 17.5. The number of anilines is 1. The molecule has 2 aromatic rings. The minimum atomic E-state index is -0.655. The number of carbonyl (C=O) groups excluding carboxylic acids is 2. The second-order valence-corrected chi connectivity index (χ2v) is 6.81. The number of rotatable bonds is 6. The van der Waals surface area contributed by atoms with Gasteiger partial charge in [-0.2, -0.15) is 5.10 Å². The van der Waals surface area contributed by atoms with E-state index in [1.165, 1.54) is 12.1 Å². The van der Waals surface area contributed by atoms with Gasteiger partial charge in [-0.15, -0.1) is 0 Å². The molecule has 0 saturated heterocycles. The van der Waals surface area contributed by atoms with Gasteiger partial charge >= 0.3 is 0 Å². The fraction of sp³-hybridized carbons (Fsp3) is 0.118. The summed E-state index contributed by atoms with van der Waals surface area (Å²) in [6, 6.07) is 8.18. The van der Waals surface area contributed by atoms with Crippen LogP contribution in [-0.2, 0) is 4.79 Å². The summed E-state index contributed by atoms with van der Waals surface area (Å²) in [7, 11) is 0. The third kappa shape index (κ3) is 5.91. The molecule has 11 heteroatoms. The number of hydrogen-bond acceptors (Lipinski definition) is 5. The minimum absolute atomic E-state index is 0.0875. The van der Waals surface area contributed by atoms with Crippen LogP contribution in [0.25, 0.3) is 0 Å². The Morgan fingerprint density at radius 3 is 2.43 bits per heavy atom. The standard InChI is InChI=1S/C17H13Cl3N4O4/c1-9(6-16(25)21-14-4-3-11(18)8-12(14)19)22-23-17(26)10-2-5-15(24(27)28)13(20)7-10/h2-5,7-8H,6H2,1H3,(H,21,25)(H,23,26)/b22-9-. The smallest absolute Gasteiger partial charge is 0.287 e. The highest BCUT2D eigenvalue weighted by Crippen LogP contribution is 2.26. The van der Waals surface area contributed by atoms with Crippen molar-refractivity contribution in [2.75, 3.05) is 5.32 Å². The molecule has 2 N–H and O–H groups in total. The van der Waals surface area contributed by atoms with Gasteiger partial charge in [-0.3, -0.25) is 19.7 Å². The lowest BCUT2D eigenvalue weighted by molar-refractivity contribution is -0.384. The number of hydrazone groups is 1. The van der Waals surface area contributed by atoms with Crippen molar-refractivity contribution in [3.8, 4) is 0 Å². The maximum Gasteiger partial charge on any atom is 0.287 e. The fourth-order valence-corrected chi connectivity index (χ4v) is 2.77. The number of carbonyl (C=O) groups is 2. The molecule has 0 aliphatic rings. The molecule has 0 spiro atoms. The molecule has 2 aromatic carbocycles. The van der Waals surface area contributed by atoms with Gasteiger partial charge < -0.3 is 5.32 Å². The van der Waals surface area contributed by atoms with E-state index < -0.39 is 16.7 Å². The monoisotopic (exact) mass is 442 g/mol. The van der Waals surface area contributed by atoms with Gasteiger partial charge in [0.25, 0.3) is 11.6 Å². The molecule has 0 aliphatic heterocycles. The Morgan fingerprint density at radius 2 is 1.82 bits per heavy atom. The van der Waals surface area contributed by atoms with Crippen LogP contribution in [0.4, 0.5) is 11.4 Å². The third-order valence-corrected chi connectivity index (χ3v) is 4.23. The van der Waals surface area contributed by atoms with E-state index in [9.17, 15) is 19.7 Å². The summed E-state index contributed by atoms with van der Waals surface area (Å²) in [5, 5.41) is 17.7. The molecule has 2 amide bonds. The van der Waals surface area contributed by atoms with Crippen LogP contribution in [-0.4, -0.2) is 22.4 Å². The zero-order valence-corrected chi connectivity index (χ0v) is 16.6. The van der Waals surface area contributed by atoms with Gasteiger partial charge in [0, 0.05) is 22.4 Å². The van der Waals surface area contributed by atoms with Crippen LogP contribution in [0.3, 0.4) is 0 Å². The molecule has 8 nitrogen and oxygen atoms in total. The Kier molecular flexibility index (Phi) is 7.33. The van der Waals surface area contributed by atoms with E-state index in [2.05, 4.69) is 15.8 Å². The SMILES string of the molecule is C/C(CC(=O)Nc1ccc(Cl)cc1Cl)=N/NC(=O)c1ccc([N+](=O)[O-])c(Cl)c1. The first-order chi connectivity index (χ1) is 13.2. The van der Waals surface area contributed by atoms with E-state index in [4.69, 9.17) is 34.8 Å². The number of amides is 2. The van der Waals surface area contributed by atoms with Gasteiger partial charge in [0.1, 0.15) is 5.02 Å². The van der Waals surface area contributed by atoms with Crippen molar-refractivity contribution in [3.63, 3.8) is 0 Å². The molecule has 0 heterocycles. The first kappa shape index (κ1) is 21.6. The van der Waals surface area contributed by atoms with Crippen LogP contribution in [0.5, 0.6) is 0 Å². The summed E-state index contributed by atoms with van der Waals surface area (Å²) in [5.41, 5.74) is 2.76. The average molecular weight is 444 g/mol.